The summed E-state index contributed by atoms with van der Waals surface area (Å²) in [6.07, 6.45) is -4.84. The molecule has 1 aromatic carbocycles. The molecule has 0 aliphatic carbocycles. The second-order valence-corrected chi connectivity index (χ2v) is 3.74. The van der Waals surface area contributed by atoms with Crippen LogP contribution in [0.5, 0.6) is 0 Å². The largest absolute Gasteiger partial charge is 0.419 e. The molecule has 1 heterocycles. The first-order valence-corrected chi connectivity index (χ1v) is 4.98. The highest BCUT2D eigenvalue weighted by atomic mass is 32.1. The molecule has 18 heavy (non-hydrogen) atoms. The van der Waals surface area contributed by atoms with Gasteiger partial charge in [-0.05, 0) is 30.4 Å². The van der Waals surface area contributed by atoms with Crippen LogP contribution in [0.2, 0.25) is 0 Å². The summed E-state index contributed by atoms with van der Waals surface area (Å²) in [6.45, 7) is 0. The minimum atomic E-state index is -4.84. The van der Waals surface area contributed by atoms with Gasteiger partial charge in [-0.25, -0.2) is 18.9 Å². The Bertz CT molecular complexity index is 669. The number of H-pyrrole nitrogens is 2. The molecule has 0 saturated heterocycles. The molecule has 0 bridgehead atoms. The number of nitrogens with zero attached hydrogens (tertiary/aromatic N) is 1. The fraction of sp³-hybridized carbons (Fsp3) is 0.111. The molecule has 0 spiro atoms. The zero-order valence-electron chi connectivity index (χ0n) is 8.51. The van der Waals surface area contributed by atoms with Crippen LogP contribution >= 0.6 is 12.2 Å². The predicted octanol–water partition coefficient (Wildman–Crippen LogP) is 2.38. The number of halogens is 4. The predicted molar refractivity (Wildman–Crippen MR) is 56.5 cm³/mol. The number of benzene rings is 1. The van der Waals surface area contributed by atoms with Crippen LogP contribution in [-0.4, -0.2) is 14.8 Å². The normalized spacial score (nSPS) is 11.8. The fourth-order valence-corrected chi connectivity index (χ4v) is 1.65. The van der Waals surface area contributed by atoms with Crippen molar-refractivity contribution in [3.8, 4) is 5.69 Å². The van der Waals surface area contributed by atoms with Crippen molar-refractivity contribution in [2.24, 2.45) is 0 Å². The maximum atomic E-state index is 13.1. The molecule has 0 saturated carbocycles. The highest BCUT2D eigenvalue weighted by Crippen LogP contribution is 2.32. The van der Waals surface area contributed by atoms with Gasteiger partial charge in [0.2, 0.25) is 4.77 Å². The van der Waals surface area contributed by atoms with E-state index in [2.05, 4.69) is 10.2 Å². The Kier molecular flexibility index (Phi) is 2.85. The average Bonchev–Trinajstić information content (AvgIpc) is 2.58. The van der Waals surface area contributed by atoms with E-state index in [1.165, 1.54) is 0 Å². The Morgan fingerprint density at radius 1 is 1.22 bits per heavy atom. The Morgan fingerprint density at radius 3 is 2.39 bits per heavy atom. The molecule has 0 radical (unpaired) electrons. The van der Waals surface area contributed by atoms with Crippen molar-refractivity contribution in [3.63, 3.8) is 0 Å². The van der Waals surface area contributed by atoms with Crippen molar-refractivity contribution in [1.29, 1.82) is 0 Å². The number of alkyl halides is 3. The lowest BCUT2D eigenvalue weighted by Gasteiger charge is -2.09. The first-order chi connectivity index (χ1) is 8.30. The van der Waals surface area contributed by atoms with E-state index < -0.39 is 23.2 Å². The van der Waals surface area contributed by atoms with Crippen LogP contribution in [0.3, 0.4) is 0 Å². The molecule has 4 nitrogen and oxygen atoms in total. The number of aromatic nitrogens is 3. The Labute approximate surface area is 102 Å². The highest BCUT2D eigenvalue weighted by molar-refractivity contribution is 7.71. The first kappa shape index (κ1) is 12.6. The quantitative estimate of drug-likeness (QED) is 0.622. The second-order valence-electron chi connectivity index (χ2n) is 3.36. The van der Waals surface area contributed by atoms with Crippen molar-refractivity contribution in [3.05, 3.63) is 44.8 Å². The van der Waals surface area contributed by atoms with Crippen LogP contribution in [0.4, 0.5) is 17.6 Å². The van der Waals surface area contributed by atoms with Gasteiger partial charge in [-0.15, -0.1) is 0 Å². The van der Waals surface area contributed by atoms with Crippen LogP contribution in [0.15, 0.2) is 23.0 Å². The first-order valence-electron chi connectivity index (χ1n) is 4.57. The standard InChI is InChI=1S/C9H5F4N3OS/c10-6-2-1-4(3-5(6)9(11,12)13)16-7(17)14-15-8(16)18/h1-3H,(H,14,17)(H,15,18). The second kappa shape index (κ2) is 4.09. The summed E-state index contributed by atoms with van der Waals surface area (Å²) in [5, 5.41) is 4.38. The lowest BCUT2D eigenvalue weighted by atomic mass is 10.2. The molecule has 2 rings (SSSR count). The van der Waals surface area contributed by atoms with Crippen molar-refractivity contribution < 1.29 is 17.6 Å². The summed E-state index contributed by atoms with van der Waals surface area (Å²) >= 11 is 4.73. The molecule has 0 fully saturated rings. The van der Waals surface area contributed by atoms with E-state index >= 15 is 0 Å². The van der Waals surface area contributed by atoms with E-state index in [-0.39, 0.29) is 10.5 Å². The molecule has 96 valence electrons. The summed E-state index contributed by atoms with van der Waals surface area (Å²) in [5.74, 6) is -1.41. The van der Waals surface area contributed by atoms with Crippen molar-refractivity contribution in [2.45, 2.75) is 6.18 Å². The fourth-order valence-electron chi connectivity index (χ4n) is 1.42. The Balaban J connectivity index is 2.69. The van der Waals surface area contributed by atoms with E-state index in [1.807, 2.05) is 0 Å². The smallest absolute Gasteiger partial charge is 0.272 e. The Morgan fingerprint density at radius 2 is 1.89 bits per heavy atom. The zero-order chi connectivity index (χ0) is 13.5. The summed E-state index contributed by atoms with van der Waals surface area (Å²) < 4.78 is 51.3. The van der Waals surface area contributed by atoms with Gasteiger partial charge >= 0.3 is 11.9 Å². The number of hydrogen-bond acceptors (Lipinski definition) is 2. The van der Waals surface area contributed by atoms with Crippen molar-refractivity contribution in [1.82, 2.24) is 14.8 Å². The van der Waals surface area contributed by atoms with Crippen LogP contribution in [0.1, 0.15) is 5.56 Å². The molecular formula is C9H5F4N3OS. The van der Waals surface area contributed by atoms with Gasteiger partial charge in [0, 0.05) is 0 Å². The van der Waals surface area contributed by atoms with Gasteiger partial charge in [-0.3, -0.25) is 5.10 Å². The maximum Gasteiger partial charge on any atom is 0.419 e. The molecule has 0 atom stereocenters. The number of nitrogens with one attached hydrogen (secondary N) is 2. The Hall–Kier alpha value is -1.90. The minimum absolute atomic E-state index is 0.111. The van der Waals surface area contributed by atoms with Gasteiger partial charge in [0.15, 0.2) is 0 Å². The lowest BCUT2D eigenvalue weighted by Crippen LogP contribution is -2.16. The summed E-state index contributed by atoms with van der Waals surface area (Å²) in [7, 11) is 0. The molecule has 0 amide bonds. The van der Waals surface area contributed by atoms with E-state index in [0.717, 1.165) is 10.6 Å². The average molecular weight is 279 g/mol. The monoisotopic (exact) mass is 279 g/mol. The van der Waals surface area contributed by atoms with Gasteiger partial charge in [0.25, 0.3) is 0 Å². The van der Waals surface area contributed by atoms with Crippen molar-refractivity contribution in [2.75, 3.05) is 0 Å². The molecule has 2 N–H and O–H groups in total. The topological polar surface area (TPSA) is 53.6 Å². The molecule has 9 heteroatoms. The third-order valence-corrected chi connectivity index (χ3v) is 2.48. The van der Waals surface area contributed by atoms with E-state index in [1.54, 1.807) is 0 Å². The summed E-state index contributed by atoms with van der Waals surface area (Å²) in [6, 6.07) is 2.18. The van der Waals surface area contributed by atoms with Crippen LogP contribution in [0.25, 0.3) is 5.69 Å². The van der Waals surface area contributed by atoms with Gasteiger partial charge in [-0.1, -0.05) is 0 Å². The SMILES string of the molecule is O=c1[nH][nH]c(=S)n1-c1ccc(F)c(C(F)(F)F)c1. The highest BCUT2D eigenvalue weighted by Gasteiger charge is 2.34. The van der Waals surface area contributed by atoms with Gasteiger partial charge in [-0.2, -0.15) is 13.2 Å². The van der Waals surface area contributed by atoms with Crippen LogP contribution in [-0.2, 0) is 6.18 Å². The molecular weight excluding hydrogens is 274 g/mol. The van der Waals surface area contributed by atoms with Gasteiger partial charge in [0.05, 0.1) is 11.3 Å². The van der Waals surface area contributed by atoms with Crippen LogP contribution in [0, 0.1) is 10.6 Å². The van der Waals surface area contributed by atoms with Gasteiger partial charge in [0.1, 0.15) is 5.82 Å². The van der Waals surface area contributed by atoms with Crippen LogP contribution < -0.4 is 5.69 Å². The summed E-state index contributed by atoms with van der Waals surface area (Å²) in [4.78, 5) is 11.3. The van der Waals surface area contributed by atoms with E-state index in [4.69, 9.17) is 12.2 Å². The molecule has 1 aromatic heterocycles. The molecule has 0 aliphatic rings. The van der Waals surface area contributed by atoms with E-state index in [9.17, 15) is 22.4 Å². The zero-order valence-corrected chi connectivity index (χ0v) is 9.32. The summed E-state index contributed by atoms with van der Waals surface area (Å²) in [5.41, 5.74) is -2.36. The van der Waals surface area contributed by atoms with Gasteiger partial charge < -0.3 is 0 Å². The van der Waals surface area contributed by atoms with Crippen molar-refractivity contribution >= 4 is 12.2 Å². The lowest BCUT2D eigenvalue weighted by molar-refractivity contribution is -0.140. The van der Waals surface area contributed by atoms with E-state index in [0.29, 0.717) is 12.1 Å². The third kappa shape index (κ3) is 2.08. The maximum absolute atomic E-state index is 13.1. The number of rotatable bonds is 1. The third-order valence-electron chi connectivity index (χ3n) is 2.20. The molecule has 0 unspecified atom stereocenters. The minimum Gasteiger partial charge on any atom is -0.272 e. The molecule has 2 aromatic rings. The number of hydrogen-bond donors (Lipinski definition) is 2. The molecule has 0 aliphatic heterocycles. The number of aromatic amines is 2.